The first-order valence-corrected chi connectivity index (χ1v) is 9.19. The fraction of sp³-hybridized carbons (Fsp3) is 0.923. The minimum Gasteiger partial charge on any atom is -0.338 e. The Bertz CT molecular complexity index is 411. The molecule has 0 aromatic carbocycles. The van der Waals surface area contributed by atoms with Crippen molar-refractivity contribution in [2.45, 2.75) is 45.1 Å². The Morgan fingerprint density at radius 3 is 2.75 bits per heavy atom. The number of amides is 1. The molecule has 1 aliphatic rings. The van der Waals surface area contributed by atoms with Gasteiger partial charge in [0.2, 0.25) is 15.9 Å². The van der Waals surface area contributed by atoms with Gasteiger partial charge in [0.15, 0.2) is 0 Å². The molecule has 0 radical (unpaired) electrons. The standard InChI is InChI=1S/C13H27N3O3S/c1-11(6-5-8-14)13(17)16-9-4-3-7-12(16)10-15-20(2,18)19/h11-12,15H,3-10,14H2,1-2H3. The van der Waals surface area contributed by atoms with Crippen LogP contribution in [0.3, 0.4) is 0 Å². The van der Waals surface area contributed by atoms with Crippen molar-refractivity contribution in [2.24, 2.45) is 11.7 Å². The van der Waals surface area contributed by atoms with Gasteiger partial charge in [0.1, 0.15) is 0 Å². The number of hydrogen-bond donors (Lipinski definition) is 2. The zero-order chi connectivity index (χ0) is 15.2. The summed E-state index contributed by atoms with van der Waals surface area (Å²) in [6, 6.07) is -0.0219. The highest BCUT2D eigenvalue weighted by Gasteiger charge is 2.29. The average molecular weight is 305 g/mol. The third-order valence-corrected chi connectivity index (χ3v) is 4.45. The summed E-state index contributed by atoms with van der Waals surface area (Å²) in [6.07, 6.45) is 5.66. The number of sulfonamides is 1. The number of nitrogens with zero attached hydrogens (tertiary/aromatic N) is 1. The lowest BCUT2D eigenvalue weighted by atomic mass is 9.97. The van der Waals surface area contributed by atoms with Crippen LogP contribution in [0.15, 0.2) is 0 Å². The summed E-state index contributed by atoms with van der Waals surface area (Å²) in [5.74, 6) is 0.0795. The Kier molecular flexibility index (Phi) is 6.91. The highest BCUT2D eigenvalue weighted by atomic mass is 32.2. The van der Waals surface area contributed by atoms with E-state index in [2.05, 4.69) is 4.72 Å². The van der Waals surface area contributed by atoms with Gasteiger partial charge in [-0.2, -0.15) is 0 Å². The topological polar surface area (TPSA) is 92.5 Å². The van der Waals surface area contributed by atoms with Gasteiger partial charge in [0.05, 0.1) is 6.26 Å². The van der Waals surface area contributed by atoms with Crippen LogP contribution in [0.5, 0.6) is 0 Å². The molecule has 1 rings (SSSR count). The van der Waals surface area contributed by atoms with Gasteiger partial charge in [-0.15, -0.1) is 0 Å². The maximum absolute atomic E-state index is 12.4. The van der Waals surface area contributed by atoms with E-state index in [0.717, 1.165) is 44.9 Å². The van der Waals surface area contributed by atoms with E-state index in [1.54, 1.807) is 0 Å². The van der Waals surface area contributed by atoms with Crippen LogP contribution in [-0.2, 0) is 14.8 Å². The highest BCUT2D eigenvalue weighted by molar-refractivity contribution is 7.88. The summed E-state index contributed by atoms with van der Waals surface area (Å²) < 4.78 is 24.9. The Hall–Kier alpha value is -0.660. The highest BCUT2D eigenvalue weighted by Crippen LogP contribution is 2.20. The predicted octanol–water partition coefficient (Wildman–Crippen LogP) is 0.292. The summed E-state index contributed by atoms with van der Waals surface area (Å²) in [4.78, 5) is 14.3. The van der Waals surface area contributed by atoms with Crippen molar-refractivity contribution in [3.8, 4) is 0 Å². The third kappa shape index (κ3) is 5.76. The van der Waals surface area contributed by atoms with E-state index in [4.69, 9.17) is 5.73 Å². The van der Waals surface area contributed by atoms with Gasteiger partial charge in [-0.3, -0.25) is 4.79 Å². The predicted molar refractivity (Wildman–Crippen MR) is 79.7 cm³/mol. The average Bonchev–Trinajstić information content (AvgIpc) is 2.41. The smallest absolute Gasteiger partial charge is 0.225 e. The summed E-state index contributed by atoms with van der Waals surface area (Å²) in [7, 11) is -3.21. The Morgan fingerprint density at radius 1 is 1.45 bits per heavy atom. The van der Waals surface area contributed by atoms with E-state index in [-0.39, 0.29) is 17.9 Å². The number of carbonyl (C=O) groups excluding carboxylic acids is 1. The van der Waals surface area contributed by atoms with Crippen LogP contribution in [0.2, 0.25) is 0 Å². The summed E-state index contributed by atoms with van der Waals surface area (Å²) >= 11 is 0. The van der Waals surface area contributed by atoms with Crippen molar-refractivity contribution < 1.29 is 13.2 Å². The Morgan fingerprint density at radius 2 is 2.15 bits per heavy atom. The molecule has 1 saturated heterocycles. The number of rotatable bonds is 7. The number of nitrogens with one attached hydrogen (secondary N) is 1. The Balaban J connectivity index is 2.61. The first-order chi connectivity index (χ1) is 9.35. The molecule has 2 atom stereocenters. The molecule has 1 aliphatic heterocycles. The van der Waals surface area contributed by atoms with Crippen LogP contribution in [-0.4, -0.2) is 51.2 Å². The lowest BCUT2D eigenvalue weighted by Crippen LogP contribution is -2.50. The first-order valence-electron chi connectivity index (χ1n) is 7.30. The van der Waals surface area contributed by atoms with Gasteiger partial charge < -0.3 is 10.6 Å². The number of likely N-dealkylation sites (tertiary alicyclic amines) is 1. The molecular formula is C13H27N3O3S. The molecule has 2 unspecified atom stereocenters. The lowest BCUT2D eigenvalue weighted by molar-refractivity contribution is -0.138. The number of piperidine rings is 1. The maximum atomic E-state index is 12.4. The molecule has 0 aromatic rings. The molecule has 6 nitrogen and oxygen atoms in total. The molecule has 1 fully saturated rings. The second-order valence-corrected chi connectivity index (χ2v) is 7.47. The molecule has 1 amide bonds. The van der Waals surface area contributed by atoms with E-state index in [0.29, 0.717) is 13.1 Å². The van der Waals surface area contributed by atoms with Crippen LogP contribution < -0.4 is 10.5 Å². The minimum absolute atomic E-state index is 0.0219. The van der Waals surface area contributed by atoms with E-state index < -0.39 is 10.0 Å². The van der Waals surface area contributed by atoms with Crippen LogP contribution in [0, 0.1) is 5.92 Å². The van der Waals surface area contributed by atoms with E-state index in [9.17, 15) is 13.2 Å². The van der Waals surface area contributed by atoms with Gasteiger partial charge in [-0.25, -0.2) is 13.1 Å². The lowest BCUT2D eigenvalue weighted by Gasteiger charge is -2.37. The van der Waals surface area contributed by atoms with E-state index >= 15 is 0 Å². The van der Waals surface area contributed by atoms with Crippen molar-refractivity contribution >= 4 is 15.9 Å². The second kappa shape index (κ2) is 7.95. The molecule has 118 valence electrons. The molecular weight excluding hydrogens is 278 g/mol. The fourth-order valence-electron chi connectivity index (χ4n) is 2.58. The van der Waals surface area contributed by atoms with E-state index in [1.807, 2.05) is 11.8 Å². The molecule has 0 spiro atoms. The summed E-state index contributed by atoms with van der Waals surface area (Å²) in [5.41, 5.74) is 5.48. The SMILES string of the molecule is CC(CCCN)C(=O)N1CCCCC1CNS(C)(=O)=O. The van der Waals surface area contributed by atoms with Crippen molar-refractivity contribution in [1.29, 1.82) is 0 Å². The van der Waals surface area contributed by atoms with Crippen LogP contribution in [0.25, 0.3) is 0 Å². The first kappa shape index (κ1) is 17.4. The molecule has 20 heavy (non-hydrogen) atoms. The van der Waals surface area contributed by atoms with Gasteiger partial charge in [0.25, 0.3) is 0 Å². The zero-order valence-electron chi connectivity index (χ0n) is 12.5. The van der Waals surface area contributed by atoms with Gasteiger partial charge >= 0.3 is 0 Å². The Labute approximate surface area is 122 Å². The van der Waals surface area contributed by atoms with Crippen LogP contribution in [0.4, 0.5) is 0 Å². The minimum atomic E-state index is -3.21. The van der Waals surface area contributed by atoms with Crippen LogP contribution in [0.1, 0.15) is 39.0 Å². The summed E-state index contributed by atoms with van der Waals surface area (Å²) in [5, 5.41) is 0. The normalized spacial score (nSPS) is 21.8. The van der Waals surface area contributed by atoms with Crippen molar-refractivity contribution in [3.05, 3.63) is 0 Å². The zero-order valence-corrected chi connectivity index (χ0v) is 13.3. The second-order valence-electron chi connectivity index (χ2n) is 5.63. The molecule has 3 N–H and O–H groups in total. The van der Waals surface area contributed by atoms with Gasteiger partial charge in [0, 0.05) is 25.0 Å². The molecule has 7 heteroatoms. The number of hydrogen-bond acceptors (Lipinski definition) is 4. The van der Waals surface area contributed by atoms with Gasteiger partial charge in [-0.05, 0) is 38.6 Å². The quantitative estimate of drug-likeness (QED) is 0.707. The largest absolute Gasteiger partial charge is 0.338 e. The monoisotopic (exact) mass is 305 g/mol. The molecule has 1 heterocycles. The van der Waals surface area contributed by atoms with Crippen LogP contribution >= 0.6 is 0 Å². The summed E-state index contributed by atoms with van der Waals surface area (Å²) in [6.45, 7) is 3.56. The molecule has 0 aliphatic carbocycles. The maximum Gasteiger partial charge on any atom is 0.225 e. The molecule has 0 aromatic heterocycles. The van der Waals surface area contributed by atoms with Crippen molar-refractivity contribution in [3.63, 3.8) is 0 Å². The fourth-order valence-corrected chi connectivity index (χ4v) is 3.08. The van der Waals surface area contributed by atoms with E-state index in [1.165, 1.54) is 0 Å². The third-order valence-electron chi connectivity index (χ3n) is 3.75. The van der Waals surface area contributed by atoms with Crippen molar-refractivity contribution in [2.75, 3.05) is 25.9 Å². The van der Waals surface area contributed by atoms with Gasteiger partial charge in [-0.1, -0.05) is 6.92 Å². The van der Waals surface area contributed by atoms with Crippen molar-refractivity contribution in [1.82, 2.24) is 9.62 Å². The molecule has 0 bridgehead atoms. The number of carbonyl (C=O) groups is 1. The number of nitrogens with two attached hydrogens (primary N) is 1. The molecule has 0 saturated carbocycles.